The number of hydrogen-bond donors (Lipinski definition) is 0. The van der Waals surface area contributed by atoms with Crippen molar-refractivity contribution >= 4 is 21.5 Å². The van der Waals surface area contributed by atoms with Gasteiger partial charge in [-0.1, -0.05) is 72.8 Å². The standard InChI is InChI=1S/C22H16O/c1-3-7-17-13-19(11-9-15(17)5-1)21-22(23-21)20-12-10-16-6-2-4-8-18(16)14-20/h1-14,21-22H/t21-,22-/m0/s1. The van der Waals surface area contributed by atoms with E-state index in [1.807, 2.05) is 0 Å². The minimum atomic E-state index is 0.181. The van der Waals surface area contributed by atoms with Gasteiger partial charge in [0, 0.05) is 0 Å². The van der Waals surface area contributed by atoms with Crippen LogP contribution in [-0.4, -0.2) is 0 Å². The van der Waals surface area contributed by atoms with Crippen LogP contribution in [0.25, 0.3) is 21.5 Å². The Balaban J connectivity index is 1.48. The van der Waals surface area contributed by atoms with Gasteiger partial charge in [-0.25, -0.2) is 0 Å². The lowest BCUT2D eigenvalue weighted by Crippen LogP contribution is -1.85. The number of fused-ring (bicyclic) bond motifs is 2. The Bertz CT molecular complexity index is 935. The number of ether oxygens (including phenoxy) is 1. The van der Waals surface area contributed by atoms with Gasteiger partial charge >= 0.3 is 0 Å². The summed E-state index contributed by atoms with van der Waals surface area (Å²) in [5.41, 5.74) is 2.53. The molecule has 0 unspecified atom stereocenters. The van der Waals surface area contributed by atoms with Crippen LogP contribution in [0.1, 0.15) is 23.3 Å². The van der Waals surface area contributed by atoms with Crippen LogP contribution in [0.15, 0.2) is 84.9 Å². The van der Waals surface area contributed by atoms with Gasteiger partial charge in [0.05, 0.1) is 0 Å². The van der Waals surface area contributed by atoms with Crippen LogP contribution >= 0.6 is 0 Å². The first-order valence-electron chi connectivity index (χ1n) is 8.01. The highest BCUT2D eigenvalue weighted by Gasteiger charge is 2.41. The average molecular weight is 296 g/mol. The van der Waals surface area contributed by atoms with E-state index in [4.69, 9.17) is 4.74 Å². The third-order valence-electron chi connectivity index (χ3n) is 4.70. The molecule has 2 atom stereocenters. The van der Waals surface area contributed by atoms with Gasteiger partial charge in [0.25, 0.3) is 0 Å². The van der Waals surface area contributed by atoms with Crippen molar-refractivity contribution < 1.29 is 4.74 Å². The van der Waals surface area contributed by atoms with Crippen molar-refractivity contribution in [3.63, 3.8) is 0 Å². The first-order chi connectivity index (χ1) is 11.4. The van der Waals surface area contributed by atoms with Crippen molar-refractivity contribution in [1.82, 2.24) is 0 Å². The minimum Gasteiger partial charge on any atom is -0.359 e. The Morgan fingerprint density at radius 1 is 0.478 bits per heavy atom. The number of hydrogen-bond acceptors (Lipinski definition) is 1. The average Bonchev–Trinajstić information content (AvgIpc) is 3.42. The molecule has 23 heavy (non-hydrogen) atoms. The van der Waals surface area contributed by atoms with E-state index in [-0.39, 0.29) is 12.2 Å². The van der Waals surface area contributed by atoms with Crippen molar-refractivity contribution in [2.45, 2.75) is 12.2 Å². The van der Waals surface area contributed by atoms with Crippen LogP contribution in [0, 0.1) is 0 Å². The molecule has 5 rings (SSSR count). The maximum Gasteiger partial charge on any atom is 0.114 e. The Morgan fingerprint density at radius 2 is 0.913 bits per heavy atom. The van der Waals surface area contributed by atoms with Gasteiger partial charge in [-0.3, -0.25) is 0 Å². The normalized spacial score (nSPS) is 20.0. The predicted molar refractivity (Wildman–Crippen MR) is 94.5 cm³/mol. The Kier molecular flexibility index (Phi) is 2.76. The number of rotatable bonds is 2. The minimum absolute atomic E-state index is 0.181. The third-order valence-corrected chi connectivity index (χ3v) is 4.70. The van der Waals surface area contributed by atoms with Crippen LogP contribution in [0.2, 0.25) is 0 Å². The molecule has 4 aromatic rings. The van der Waals surface area contributed by atoms with Crippen molar-refractivity contribution in [1.29, 1.82) is 0 Å². The van der Waals surface area contributed by atoms with Crippen molar-refractivity contribution in [2.24, 2.45) is 0 Å². The Hall–Kier alpha value is -2.64. The first-order valence-corrected chi connectivity index (χ1v) is 8.01. The lowest BCUT2D eigenvalue weighted by atomic mass is 9.99. The molecule has 0 radical (unpaired) electrons. The topological polar surface area (TPSA) is 12.5 Å². The van der Waals surface area contributed by atoms with Crippen molar-refractivity contribution in [3.05, 3.63) is 96.1 Å². The maximum atomic E-state index is 5.99. The monoisotopic (exact) mass is 296 g/mol. The van der Waals surface area contributed by atoms with Crippen LogP contribution < -0.4 is 0 Å². The van der Waals surface area contributed by atoms with Crippen LogP contribution in [0.4, 0.5) is 0 Å². The fraction of sp³-hybridized carbons (Fsp3) is 0.0909. The molecule has 0 spiro atoms. The third kappa shape index (κ3) is 2.21. The fourth-order valence-electron chi connectivity index (χ4n) is 3.39. The molecule has 1 aliphatic rings. The Morgan fingerprint density at radius 3 is 1.39 bits per heavy atom. The summed E-state index contributed by atoms with van der Waals surface area (Å²) in [6.07, 6.45) is 0.363. The van der Waals surface area contributed by atoms with E-state index in [0.29, 0.717) is 0 Å². The summed E-state index contributed by atoms with van der Waals surface area (Å²) in [5.74, 6) is 0. The summed E-state index contributed by atoms with van der Waals surface area (Å²) in [6, 6.07) is 30.2. The predicted octanol–water partition coefficient (Wildman–Crippen LogP) is 5.81. The number of epoxide rings is 1. The second kappa shape index (κ2) is 4.94. The highest BCUT2D eigenvalue weighted by molar-refractivity contribution is 5.84. The fourth-order valence-corrected chi connectivity index (χ4v) is 3.39. The van der Waals surface area contributed by atoms with Crippen LogP contribution in [-0.2, 0) is 4.74 Å². The second-order valence-electron chi connectivity index (χ2n) is 6.19. The van der Waals surface area contributed by atoms with Crippen LogP contribution in [0.3, 0.4) is 0 Å². The second-order valence-corrected chi connectivity index (χ2v) is 6.19. The SMILES string of the molecule is c1ccc2cc([C@@H]3O[C@H]3c3ccc4ccccc4c3)ccc2c1. The van der Waals surface area contributed by atoms with Gasteiger partial charge in [-0.05, 0) is 44.8 Å². The molecule has 4 aromatic carbocycles. The Labute approximate surface area is 135 Å². The van der Waals surface area contributed by atoms with E-state index in [0.717, 1.165) is 0 Å². The molecule has 0 aliphatic carbocycles. The molecule has 0 aromatic heterocycles. The van der Waals surface area contributed by atoms with Crippen molar-refractivity contribution in [2.75, 3.05) is 0 Å². The highest BCUT2D eigenvalue weighted by Crippen LogP contribution is 2.51. The number of benzene rings is 4. The van der Waals surface area contributed by atoms with Gasteiger partial charge in [-0.15, -0.1) is 0 Å². The maximum absolute atomic E-state index is 5.99. The molecule has 1 saturated heterocycles. The van der Waals surface area contributed by atoms with Crippen molar-refractivity contribution in [3.8, 4) is 0 Å². The molecule has 0 saturated carbocycles. The highest BCUT2D eigenvalue weighted by atomic mass is 16.6. The molecule has 1 nitrogen and oxygen atoms in total. The molecule has 1 fully saturated rings. The molecular weight excluding hydrogens is 280 g/mol. The molecule has 1 heterocycles. The zero-order valence-corrected chi connectivity index (χ0v) is 12.6. The molecule has 0 N–H and O–H groups in total. The van der Waals surface area contributed by atoms with Crippen LogP contribution in [0.5, 0.6) is 0 Å². The molecular formula is C22H16O. The smallest absolute Gasteiger partial charge is 0.114 e. The largest absolute Gasteiger partial charge is 0.359 e. The van der Waals surface area contributed by atoms with Gasteiger partial charge in [0.15, 0.2) is 0 Å². The quantitative estimate of drug-likeness (QED) is 0.425. The summed E-state index contributed by atoms with van der Waals surface area (Å²) in [5, 5.41) is 5.11. The van der Waals surface area contributed by atoms with Gasteiger partial charge < -0.3 is 4.74 Å². The van der Waals surface area contributed by atoms with E-state index < -0.39 is 0 Å². The lowest BCUT2D eigenvalue weighted by molar-refractivity contribution is 0.378. The molecule has 110 valence electrons. The summed E-state index contributed by atoms with van der Waals surface area (Å²) in [7, 11) is 0. The molecule has 1 heteroatoms. The summed E-state index contributed by atoms with van der Waals surface area (Å²) < 4.78 is 5.99. The molecule has 0 bridgehead atoms. The lowest BCUT2D eigenvalue weighted by Gasteiger charge is -2.02. The zero-order valence-electron chi connectivity index (χ0n) is 12.6. The van der Waals surface area contributed by atoms with Gasteiger partial charge in [0.2, 0.25) is 0 Å². The first kappa shape index (κ1) is 12.9. The van der Waals surface area contributed by atoms with Gasteiger partial charge in [0.1, 0.15) is 12.2 Å². The summed E-state index contributed by atoms with van der Waals surface area (Å²) in [6.45, 7) is 0. The summed E-state index contributed by atoms with van der Waals surface area (Å²) in [4.78, 5) is 0. The van der Waals surface area contributed by atoms with Gasteiger partial charge in [-0.2, -0.15) is 0 Å². The zero-order chi connectivity index (χ0) is 15.2. The molecule has 0 amide bonds. The van der Waals surface area contributed by atoms with E-state index in [2.05, 4.69) is 84.9 Å². The van der Waals surface area contributed by atoms with E-state index in [1.165, 1.54) is 32.7 Å². The molecule has 1 aliphatic heterocycles. The van der Waals surface area contributed by atoms with E-state index >= 15 is 0 Å². The van der Waals surface area contributed by atoms with E-state index in [9.17, 15) is 0 Å². The van der Waals surface area contributed by atoms with E-state index in [1.54, 1.807) is 0 Å². The summed E-state index contributed by atoms with van der Waals surface area (Å²) >= 11 is 0.